The predicted molar refractivity (Wildman–Crippen MR) is 72.0 cm³/mol. The molecule has 1 N–H and O–H groups in total. The van der Waals surface area contributed by atoms with E-state index in [4.69, 9.17) is 0 Å². The molecular formula is C13H16BrFN2O. The van der Waals surface area contributed by atoms with Gasteiger partial charge in [0.05, 0.1) is 5.56 Å². The van der Waals surface area contributed by atoms with Crippen LogP contribution in [0.1, 0.15) is 16.8 Å². The largest absolute Gasteiger partial charge is 0.338 e. The molecule has 1 heterocycles. The van der Waals surface area contributed by atoms with Crippen molar-refractivity contribution in [1.29, 1.82) is 0 Å². The van der Waals surface area contributed by atoms with Gasteiger partial charge in [0.25, 0.3) is 5.91 Å². The highest BCUT2D eigenvalue weighted by Crippen LogP contribution is 2.21. The summed E-state index contributed by atoms with van der Waals surface area (Å²) in [7, 11) is 1.90. The highest BCUT2D eigenvalue weighted by atomic mass is 79.9. The predicted octanol–water partition coefficient (Wildman–Crippen LogP) is 2.27. The Labute approximate surface area is 114 Å². The summed E-state index contributed by atoms with van der Waals surface area (Å²) < 4.78 is 14.4. The molecule has 0 spiro atoms. The smallest absolute Gasteiger partial charge is 0.256 e. The van der Waals surface area contributed by atoms with E-state index in [9.17, 15) is 9.18 Å². The van der Waals surface area contributed by atoms with Crippen molar-refractivity contribution in [2.24, 2.45) is 5.92 Å². The fourth-order valence-electron chi connectivity index (χ4n) is 2.30. The highest BCUT2D eigenvalue weighted by molar-refractivity contribution is 9.10. The molecule has 98 valence electrons. The summed E-state index contributed by atoms with van der Waals surface area (Å²) in [5, 5.41) is 3.11. The lowest BCUT2D eigenvalue weighted by Crippen LogP contribution is -2.30. The Balaban J connectivity index is 2.10. The monoisotopic (exact) mass is 314 g/mol. The zero-order chi connectivity index (χ0) is 13.1. The first-order valence-electron chi connectivity index (χ1n) is 6.00. The Bertz CT molecular complexity index is 453. The third kappa shape index (κ3) is 2.90. The number of hydrogen-bond donors (Lipinski definition) is 1. The Hall–Kier alpha value is -0.940. The third-order valence-corrected chi connectivity index (χ3v) is 3.72. The minimum atomic E-state index is -0.458. The summed E-state index contributed by atoms with van der Waals surface area (Å²) in [6.45, 7) is 2.30. The van der Waals surface area contributed by atoms with E-state index in [1.54, 1.807) is 17.0 Å². The second-order valence-corrected chi connectivity index (χ2v) is 5.50. The molecule has 0 unspecified atom stereocenters. The number of carbonyl (C=O) groups excluding carboxylic acids is 1. The molecule has 3 nitrogen and oxygen atoms in total. The molecule has 0 aromatic heterocycles. The van der Waals surface area contributed by atoms with Crippen LogP contribution >= 0.6 is 15.9 Å². The topological polar surface area (TPSA) is 32.3 Å². The molecule has 1 fully saturated rings. The fraction of sp³-hybridized carbons (Fsp3) is 0.462. The number of nitrogens with one attached hydrogen (secondary N) is 1. The lowest BCUT2D eigenvalue weighted by atomic mass is 10.1. The van der Waals surface area contributed by atoms with Gasteiger partial charge in [0, 0.05) is 17.6 Å². The maximum Gasteiger partial charge on any atom is 0.256 e. The van der Waals surface area contributed by atoms with Crippen molar-refractivity contribution in [2.75, 3.05) is 26.7 Å². The van der Waals surface area contributed by atoms with Gasteiger partial charge in [-0.2, -0.15) is 0 Å². The minimum Gasteiger partial charge on any atom is -0.338 e. The first-order chi connectivity index (χ1) is 8.61. The van der Waals surface area contributed by atoms with E-state index in [1.165, 1.54) is 6.07 Å². The van der Waals surface area contributed by atoms with Crippen molar-refractivity contribution >= 4 is 21.8 Å². The Morgan fingerprint density at radius 3 is 3.11 bits per heavy atom. The van der Waals surface area contributed by atoms with Gasteiger partial charge in [-0.3, -0.25) is 4.79 Å². The Morgan fingerprint density at radius 1 is 1.61 bits per heavy atom. The van der Waals surface area contributed by atoms with Gasteiger partial charge in [-0.25, -0.2) is 4.39 Å². The number of likely N-dealkylation sites (tertiary alicyclic amines) is 1. The first kappa shape index (κ1) is 13.5. The summed E-state index contributed by atoms with van der Waals surface area (Å²) in [6.07, 6.45) is 0.974. The zero-order valence-electron chi connectivity index (χ0n) is 10.2. The van der Waals surface area contributed by atoms with Crippen LogP contribution in [0.15, 0.2) is 22.7 Å². The van der Waals surface area contributed by atoms with Crippen LogP contribution in [0.5, 0.6) is 0 Å². The van der Waals surface area contributed by atoms with Crippen LogP contribution in [0.2, 0.25) is 0 Å². The quantitative estimate of drug-likeness (QED) is 0.928. The molecule has 1 saturated heterocycles. The average molecular weight is 315 g/mol. The van der Waals surface area contributed by atoms with E-state index in [1.807, 2.05) is 7.05 Å². The number of halogens is 2. The minimum absolute atomic E-state index is 0.148. The molecular weight excluding hydrogens is 299 g/mol. The summed E-state index contributed by atoms with van der Waals surface area (Å²) in [6, 6.07) is 4.46. The second kappa shape index (κ2) is 5.80. The van der Waals surface area contributed by atoms with Gasteiger partial charge in [0.2, 0.25) is 0 Å². The maximum absolute atomic E-state index is 13.6. The van der Waals surface area contributed by atoms with Crippen molar-refractivity contribution in [1.82, 2.24) is 10.2 Å². The molecule has 1 aromatic rings. The lowest BCUT2D eigenvalue weighted by Gasteiger charge is -2.17. The number of carbonyl (C=O) groups is 1. The van der Waals surface area contributed by atoms with Crippen molar-refractivity contribution in [3.63, 3.8) is 0 Å². The van der Waals surface area contributed by atoms with Gasteiger partial charge in [-0.15, -0.1) is 0 Å². The van der Waals surface area contributed by atoms with E-state index in [0.717, 1.165) is 17.4 Å². The van der Waals surface area contributed by atoms with E-state index < -0.39 is 5.82 Å². The third-order valence-electron chi connectivity index (χ3n) is 3.22. The highest BCUT2D eigenvalue weighted by Gasteiger charge is 2.27. The van der Waals surface area contributed by atoms with Crippen molar-refractivity contribution in [2.45, 2.75) is 6.42 Å². The summed E-state index contributed by atoms with van der Waals surface area (Å²) in [5.41, 5.74) is 0.148. The molecule has 1 aromatic carbocycles. The molecule has 0 aliphatic carbocycles. The molecule has 2 rings (SSSR count). The molecule has 18 heavy (non-hydrogen) atoms. The number of rotatable bonds is 3. The number of hydrogen-bond acceptors (Lipinski definition) is 2. The van der Waals surface area contributed by atoms with E-state index >= 15 is 0 Å². The van der Waals surface area contributed by atoms with Gasteiger partial charge in [0.15, 0.2) is 0 Å². The number of benzene rings is 1. The molecule has 1 aliphatic heterocycles. The van der Waals surface area contributed by atoms with Crippen LogP contribution in [0.4, 0.5) is 4.39 Å². The lowest BCUT2D eigenvalue weighted by molar-refractivity contribution is 0.0782. The SMILES string of the molecule is CNC[C@@H]1CCN(C(=O)c2cc(Br)ccc2F)C1. The zero-order valence-corrected chi connectivity index (χ0v) is 11.8. The van der Waals surface area contributed by atoms with Crippen molar-refractivity contribution in [3.05, 3.63) is 34.1 Å². The molecule has 0 radical (unpaired) electrons. The van der Waals surface area contributed by atoms with Crippen LogP contribution in [-0.2, 0) is 0 Å². The molecule has 1 aliphatic rings. The molecule has 0 saturated carbocycles. The fourth-order valence-corrected chi connectivity index (χ4v) is 2.67. The van der Waals surface area contributed by atoms with Gasteiger partial charge in [-0.1, -0.05) is 15.9 Å². The van der Waals surface area contributed by atoms with Gasteiger partial charge in [0.1, 0.15) is 5.82 Å². The van der Waals surface area contributed by atoms with Crippen LogP contribution in [0, 0.1) is 11.7 Å². The number of amides is 1. The van der Waals surface area contributed by atoms with E-state index in [2.05, 4.69) is 21.2 Å². The van der Waals surface area contributed by atoms with Crippen LogP contribution in [-0.4, -0.2) is 37.5 Å². The summed E-state index contributed by atoms with van der Waals surface area (Å²) >= 11 is 3.26. The van der Waals surface area contributed by atoms with E-state index in [-0.39, 0.29) is 11.5 Å². The first-order valence-corrected chi connectivity index (χ1v) is 6.80. The van der Waals surface area contributed by atoms with Crippen LogP contribution in [0.25, 0.3) is 0 Å². The maximum atomic E-state index is 13.6. The molecule has 1 amide bonds. The van der Waals surface area contributed by atoms with Crippen LogP contribution in [0.3, 0.4) is 0 Å². The van der Waals surface area contributed by atoms with Gasteiger partial charge < -0.3 is 10.2 Å². The standard InChI is InChI=1S/C13H16BrFN2O/c1-16-7-9-4-5-17(8-9)13(18)11-6-10(14)2-3-12(11)15/h2-3,6,9,16H,4-5,7-8H2,1H3/t9-/m0/s1. The molecule has 0 bridgehead atoms. The molecule has 5 heteroatoms. The number of nitrogens with zero attached hydrogens (tertiary/aromatic N) is 1. The average Bonchev–Trinajstić information content (AvgIpc) is 2.80. The summed E-state index contributed by atoms with van der Waals surface area (Å²) in [5.74, 6) is -0.207. The normalized spacial score (nSPS) is 19.3. The second-order valence-electron chi connectivity index (χ2n) is 4.59. The van der Waals surface area contributed by atoms with Crippen LogP contribution < -0.4 is 5.32 Å². The van der Waals surface area contributed by atoms with Crippen molar-refractivity contribution in [3.8, 4) is 0 Å². The van der Waals surface area contributed by atoms with Gasteiger partial charge in [-0.05, 0) is 44.1 Å². The molecule has 1 atom stereocenters. The Morgan fingerprint density at radius 2 is 2.39 bits per heavy atom. The van der Waals surface area contributed by atoms with Gasteiger partial charge >= 0.3 is 0 Å². The Kier molecular flexibility index (Phi) is 4.35. The summed E-state index contributed by atoms with van der Waals surface area (Å²) in [4.78, 5) is 13.9. The van der Waals surface area contributed by atoms with E-state index in [0.29, 0.717) is 19.0 Å². The van der Waals surface area contributed by atoms with Crippen molar-refractivity contribution < 1.29 is 9.18 Å².